The molecule has 128 valence electrons. The summed E-state index contributed by atoms with van der Waals surface area (Å²) in [6.07, 6.45) is 1.65. The zero-order chi connectivity index (χ0) is 16.8. The molecule has 22 heavy (non-hydrogen) atoms. The van der Waals surface area contributed by atoms with Crippen LogP contribution in [-0.2, 0) is 9.59 Å². The molecule has 0 aromatic heterocycles. The molecule has 2 unspecified atom stereocenters. The fourth-order valence-electron chi connectivity index (χ4n) is 2.77. The van der Waals surface area contributed by atoms with Gasteiger partial charge in [0.05, 0.1) is 0 Å². The molecule has 2 atom stereocenters. The highest BCUT2D eigenvalue weighted by molar-refractivity contribution is 5.81. The van der Waals surface area contributed by atoms with E-state index in [1.807, 2.05) is 20.8 Å². The standard InChI is InChI=1S/C16H31N3O3/c1-12(21)17-6-7-19-10-13(5-8-20)9-14(11-19)18-15(22)16(2,3)4/h13-14,20H,5-11H2,1-4H3,(H,17,21)(H,18,22). The van der Waals surface area contributed by atoms with Gasteiger partial charge in [-0.3, -0.25) is 14.5 Å². The molecule has 1 heterocycles. The van der Waals surface area contributed by atoms with Gasteiger partial charge in [-0.15, -0.1) is 0 Å². The molecule has 0 bridgehead atoms. The first-order chi connectivity index (χ1) is 10.2. The van der Waals surface area contributed by atoms with Gasteiger partial charge in [0.15, 0.2) is 0 Å². The number of aliphatic hydroxyl groups is 1. The number of piperidine rings is 1. The van der Waals surface area contributed by atoms with Crippen molar-refractivity contribution in [2.24, 2.45) is 11.3 Å². The molecule has 0 aliphatic carbocycles. The Morgan fingerprint density at radius 1 is 1.27 bits per heavy atom. The molecule has 1 fully saturated rings. The van der Waals surface area contributed by atoms with Crippen molar-refractivity contribution >= 4 is 11.8 Å². The van der Waals surface area contributed by atoms with Crippen LogP contribution in [0.1, 0.15) is 40.5 Å². The SMILES string of the molecule is CC(=O)NCCN1CC(CCO)CC(NC(=O)C(C)(C)C)C1. The zero-order valence-electron chi connectivity index (χ0n) is 14.3. The Kier molecular flexibility index (Phi) is 7.29. The number of rotatable bonds is 6. The van der Waals surface area contributed by atoms with Gasteiger partial charge in [-0.05, 0) is 18.8 Å². The Balaban J connectivity index is 2.56. The number of amides is 2. The minimum Gasteiger partial charge on any atom is -0.396 e. The summed E-state index contributed by atoms with van der Waals surface area (Å²) in [6, 6.07) is 0.106. The zero-order valence-corrected chi connectivity index (χ0v) is 14.3. The van der Waals surface area contributed by atoms with Gasteiger partial charge in [0, 0.05) is 51.2 Å². The quantitative estimate of drug-likeness (QED) is 0.661. The number of nitrogens with zero attached hydrogens (tertiary/aromatic N) is 1. The van der Waals surface area contributed by atoms with Gasteiger partial charge in [-0.25, -0.2) is 0 Å². The number of hydrogen-bond donors (Lipinski definition) is 3. The summed E-state index contributed by atoms with van der Waals surface area (Å²) in [5.41, 5.74) is -0.398. The van der Waals surface area contributed by atoms with Gasteiger partial charge < -0.3 is 15.7 Å². The Labute approximate surface area is 133 Å². The Hall–Kier alpha value is -1.14. The van der Waals surface area contributed by atoms with Crippen molar-refractivity contribution in [1.29, 1.82) is 0 Å². The summed E-state index contributed by atoms with van der Waals surface area (Å²) in [7, 11) is 0. The number of carbonyl (C=O) groups excluding carboxylic acids is 2. The third-order valence-corrected chi connectivity index (χ3v) is 3.97. The second-order valence-electron chi connectivity index (χ2n) is 7.28. The van der Waals surface area contributed by atoms with E-state index in [1.54, 1.807) is 0 Å². The van der Waals surface area contributed by atoms with E-state index in [4.69, 9.17) is 0 Å². The minimum absolute atomic E-state index is 0.0264. The van der Waals surface area contributed by atoms with Crippen molar-refractivity contribution in [2.45, 2.75) is 46.6 Å². The molecule has 0 aromatic carbocycles. The molecule has 0 aromatic rings. The van der Waals surface area contributed by atoms with E-state index < -0.39 is 5.41 Å². The van der Waals surface area contributed by atoms with Gasteiger partial charge in [-0.1, -0.05) is 20.8 Å². The highest BCUT2D eigenvalue weighted by Gasteiger charge is 2.30. The van der Waals surface area contributed by atoms with Crippen molar-refractivity contribution in [2.75, 3.05) is 32.8 Å². The lowest BCUT2D eigenvalue weighted by atomic mass is 9.89. The average molecular weight is 313 g/mol. The third kappa shape index (κ3) is 6.75. The van der Waals surface area contributed by atoms with Crippen LogP contribution in [0.2, 0.25) is 0 Å². The van der Waals surface area contributed by atoms with Crippen molar-refractivity contribution in [3.8, 4) is 0 Å². The number of likely N-dealkylation sites (tertiary alicyclic amines) is 1. The normalized spacial score (nSPS) is 23.1. The monoisotopic (exact) mass is 313 g/mol. The second-order valence-corrected chi connectivity index (χ2v) is 7.28. The van der Waals surface area contributed by atoms with Crippen LogP contribution in [-0.4, -0.2) is 60.6 Å². The van der Waals surface area contributed by atoms with Crippen molar-refractivity contribution in [1.82, 2.24) is 15.5 Å². The van der Waals surface area contributed by atoms with Crippen molar-refractivity contribution in [3.63, 3.8) is 0 Å². The molecule has 0 spiro atoms. The van der Waals surface area contributed by atoms with Crippen LogP contribution in [0.3, 0.4) is 0 Å². The molecule has 0 radical (unpaired) electrons. The Morgan fingerprint density at radius 3 is 2.50 bits per heavy atom. The molecular weight excluding hydrogens is 282 g/mol. The Morgan fingerprint density at radius 2 is 1.95 bits per heavy atom. The summed E-state index contributed by atoms with van der Waals surface area (Å²) in [6.45, 7) is 10.5. The van der Waals surface area contributed by atoms with E-state index in [0.29, 0.717) is 12.5 Å². The molecule has 6 nitrogen and oxygen atoms in total. The maximum Gasteiger partial charge on any atom is 0.225 e. The third-order valence-electron chi connectivity index (χ3n) is 3.97. The van der Waals surface area contributed by atoms with E-state index in [9.17, 15) is 14.7 Å². The first kappa shape index (κ1) is 18.9. The van der Waals surface area contributed by atoms with Crippen LogP contribution in [0.25, 0.3) is 0 Å². The van der Waals surface area contributed by atoms with Crippen LogP contribution in [0.4, 0.5) is 0 Å². The van der Waals surface area contributed by atoms with E-state index >= 15 is 0 Å². The van der Waals surface area contributed by atoms with Gasteiger partial charge in [0.2, 0.25) is 11.8 Å². The second kappa shape index (κ2) is 8.48. The summed E-state index contributed by atoms with van der Waals surface area (Å²) < 4.78 is 0. The van der Waals surface area contributed by atoms with Crippen LogP contribution in [0, 0.1) is 11.3 Å². The molecule has 1 aliphatic heterocycles. The van der Waals surface area contributed by atoms with E-state index in [1.165, 1.54) is 6.92 Å². The Bertz CT molecular complexity index is 379. The lowest BCUT2D eigenvalue weighted by Crippen LogP contribution is -2.54. The first-order valence-electron chi connectivity index (χ1n) is 8.11. The average Bonchev–Trinajstić information content (AvgIpc) is 2.37. The predicted octanol–water partition coefficient (Wildman–Crippen LogP) is 0.358. The molecule has 6 heteroatoms. The number of hydrogen-bond acceptors (Lipinski definition) is 4. The summed E-state index contributed by atoms with van der Waals surface area (Å²) in [5.74, 6) is 0.409. The maximum absolute atomic E-state index is 12.2. The maximum atomic E-state index is 12.2. The van der Waals surface area contributed by atoms with Gasteiger partial charge in [0.1, 0.15) is 0 Å². The predicted molar refractivity (Wildman–Crippen MR) is 86.3 cm³/mol. The number of aliphatic hydroxyl groups excluding tert-OH is 1. The van der Waals surface area contributed by atoms with E-state index in [-0.39, 0.29) is 24.5 Å². The molecular formula is C16H31N3O3. The van der Waals surface area contributed by atoms with Gasteiger partial charge >= 0.3 is 0 Å². The fourth-order valence-corrected chi connectivity index (χ4v) is 2.77. The molecule has 3 N–H and O–H groups in total. The van der Waals surface area contributed by atoms with Crippen LogP contribution < -0.4 is 10.6 Å². The molecule has 1 saturated heterocycles. The lowest BCUT2D eigenvalue weighted by Gasteiger charge is -2.39. The molecule has 0 saturated carbocycles. The summed E-state index contributed by atoms with van der Waals surface area (Å²) >= 11 is 0. The summed E-state index contributed by atoms with van der Waals surface area (Å²) in [4.78, 5) is 25.4. The summed E-state index contributed by atoms with van der Waals surface area (Å²) in [5, 5.41) is 15.1. The molecule has 2 amide bonds. The van der Waals surface area contributed by atoms with Crippen molar-refractivity contribution in [3.05, 3.63) is 0 Å². The van der Waals surface area contributed by atoms with E-state index in [0.717, 1.165) is 32.5 Å². The van der Waals surface area contributed by atoms with Crippen LogP contribution >= 0.6 is 0 Å². The van der Waals surface area contributed by atoms with Crippen LogP contribution in [0.5, 0.6) is 0 Å². The lowest BCUT2D eigenvalue weighted by molar-refractivity contribution is -0.129. The molecule has 1 rings (SSSR count). The van der Waals surface area contributed by atoms with E-state index in [2.05, 4.69) is 15.5 Å². The topological polar surface area (TPSA) is 81.7 Å². The minimum atomic E-state index is -0.398. The van der Waals surface area contributed by atoms with Crippen LogP contribution in [0.15, 0.2) is 0 Å². The highest BCUT2D eigenvalue weighted by atomic mass is 16.3. The molecule has 1 aliphatic rings. The van der Waals surface area contributed by atoms with Gasteiger partial charge in [-0.2, -0.15) is 0 Å². The smallest absolute Gasteiger partial charge is 0.225 e. The van der Waals surface area contributed by atoms with Crippen molar-refractivity contribution < 1.29 is 14.7 Å². The number of carbonyl (C=O) groups is 2. The van der Waals surface area contributed by atoms with Gasteiger partial charge in [0.25, 0.3) is 0 Å². The first-order valence-corrected chi connectivity index (χ1v) is 8.11. The largest absolute Gasteiger partial charge is 0.396 e. The number of nitrogens with one attached hydrogen (secondary N) is 2. The fraction of sp³-hybridized carbons (Fsp3) is 0.875. The highest BCUT2D eigenvalue weighted by Crippen LogP contribution is 2.21.